The molecule has 0 saturated heterocycles. The van der Waals surface area contributed by atoms with E-state index in [1.54, 1.807) is 10.6 Å². The molecule has 0 bridgehead atoms. The third kappa shape index (κ3) is 4.05. The summed E-state index contributed by atoms with van der Waals surface area (Å²) in [6, 6.07) is 5.02. The SMILES string of the molecule is O=Cc1nc2c(Cl)nccn2c1CCOc1ccc(OC(F)(F)F)cc1. The zero-order valence-electron chi connectivity index (χ0n) is 13.0. The molecule has 1 aromatic carbocycles. The Hall–Kier alpha value is -2.81. The van der Waals surface area contributed by atoms with E-state index >= 15 is 0 Å². The van der Waals surface area contributed by atoms with Crippen LogP contribution >= 0.6 is 11.6 Å². The van der Waals surface area contributed by atoms with Gasteiger partial charge in [0.1, 0.15) is 17.2 Å². The molecule has 0 radical (unpaired) electrons. The van der Waals surface area contributed by atoms with Crippen molar-refractivity contribution >= 4 is 23.5 Å². The molecular weight excluding hydrogens is 375 g/mol. The highest BCUT2D eigenvalue weighted by molar-refractivity contribution is 6.32. The molecule has 0 N–H and O–H groups in total. The van der Waals surface area contributed by atoms with Crippen LogP contribution in [0, 0.1) is 0 Å². The fourth-order valence-corrected chi connectivity index (χ4v) is 2.55. The molecule has 0 amide bonds. The second-order valence-corrected chi connectivity index (χ2v) is 5.45. The van der Waals surface area contributed by atoms with Crippen LogP contribution in [0.15, 0.2) is 36.7 Å². The molecule has 0 aliphatic rings. The maximum absolute atomic E-state index is 12.1. The number of imidazole rings is 1. The van der Waals surface area contributed by atoms with Gasteiger partial charge in [-0.25, -0.2) is 9.97 Å². The van der Waals surface area contributed by atoms with Gasteiger partial charge >= 0.3 is 6.36 Å². The van der Waals surface area contributed by atoms with Crippen molar-refractivity contribution in [1.29, 1.82) is 0 Å². The summed E-state index contributed by atoms with van der Waals surface area (Å²) >= 11 is 5.96. The highest BCUT2D eigenvalue weighted by Gasteiger charge is 2.30. The Balaban J connectivity index is 1.68. The molecule has 26 heavy (non-hydrogen) atoms. The molecule has 2 aromatic heterocycles. The quantitative estimate of drug-likeness (QED) is 0.605. The number of alkyl halides is 3. The molecule has 0 fully saturated rings. The van der Waals surface area contributed by atoms with Crippen LogP contribution in [0.1, 0.15) is 16.2 Å². The van der Waals surface area contributed by atoms with Crippen LogP contribution in [0.3, 0.4) is 0 Å². The van der Waals surface area contributed by atoms with Crippen LogP contribution in [0.4, 0.5) is 13.2 Å². The van der Waals surface area contributed by atoms with Crippen LogP contribution in [0.5, 0.6) is 11.5 Å². The number of benzene rings is 1. The van der Waals surface area contributed by atoms with E-state index in [1.165, 1.54) is 18.3 Å². The van der Waals surface area contributed by atoms with Gasteiger partial charge < -0.3 is 9.47 Å². The summed E-state index contributed by atoms with van der Waals surface area (Å²) in [4.78, 5) is 19.2. The Kier molecular flexibility index (Phi) is 4.99. The van der Waals surface area contributed by atoms with Crippen LogP contribution in [0.2, 0.25) is 5.15 Å². The van der Waals surface area contributed by atoms with E-state index in [4.69, 9.17) is 16.3 Å². The number of aromatic nitrogens is 3. The van der Waals surface area contributed by atoms with Gasteiger partial charge in [0.05, 0.1) is 12.3 Å². The van der Waals surface area contributed by atoms with Gasteiger partial charge in [0.25, 0.3) is 0 Å². The lowest BCUT2D eigenvalue weighted by atomic mass is 10.2. The van der Waals surface area contributed by atoms with Crippen LogP contribution < -0.4 is 9.47 Å². The van der Waals surface area contributed by atoms with Crippen molar-refractivity contribution in [3.8, 4) is 11.5 Å². The van der Waals surface area contributed by atoms with E-state index in [9.17, 15) is 18.0 Å². The Labute approximate surface area is 150 Å². The minimum Gasteiger partial charge on any atom is -0.493 e. The lowest BCUT2D eigenvalue weighted by Gasteiger charge is -2.10. The number of ether oxygens (including phenoxy) is 2. The van der Waals surface area contributed by atoms with Gasteiger partial charge in [0.2, 0.25) is 0 Å². The molecule has 2 heterocycles. The van der Waals surface area contributed by atoms with Gasteiger partial charge in [-0.05, 0) is 24.3 Å². The number of fused-ring (bicyclic) bond motifs is 1. The number of hydrogen-bond acceptors (Lipinski definition) is 5. The van der Waals surface area contributed by atoms with Crippen molar-refractivity contribution in [1.82, 2.24) is 14.4 Å². The van der Waals surface area contributed by atoms with Gasteiger partial charge in [-0.1, -0.05) is 11.6 Å². The zero-order valence-corrected chi connectivity index (χ0v) is 13.8. The van der Waals surface area contributed by atoms with Gasteiger partial charge in [-0.15, -0.1) is 13.2 Å². The smallest absolute Gasteiger partial charge is 0.493 e. The number of carbonyl (C=O) groups is 1. The monoisotopic (exact) mass is 385 g/mol. The fourth-order valence-electron chi connectivity index (χ4n) is 2.36. The minimum absolute atomic E-state index is 0.169. The average molecular weight is 386 g/mol. The normalized spacial score (nSPS) is 11.5. The fraction of sp³-hybridized carbons (Fsp3) is 0.188. The lowest BCUT2D eigenvalue weighted by Crippen LogP contribution is -2.17. The Morgan fingerprint density at radius 2 is 1.88 bits per heavy atom. The van der Waals surface area contributed by atoms with E-state index in [0.717, 1.165) is 12.1 Å². The van der Waals surface area contributed by atoms with Crippen molar-refractivity contribution in [2.45, 2.75) is 12.8 Å². The number of rotatable bonds is 6. The molecule has 0 aliphatic carbocycles. The summed E-state index contributed by atoms with van der Waals surface area (Å²) in [5.74, 6) is 0.0257. The number of nitrogens with zero attached hydrogens (tertiary/aromatic N) is 3. The summed E-state index contributed by atoms with van der Waals surface area (Å²) in [5, 5.41) is 0.169. The third-order valence-corrected chi connectivity index (χ3v) is 3.67. The summed E-state index contributed by atoms with van der Waals surface area (Å²) in [5.41, 5.74) is 1.17. The van der Waals surface area contributed by atoms with E-state index in [0.29, 0.717) is 29.8 Å². The van der Waals surface area contributed by atoms with Gasteiger partial charge in [0, 0.05) is 18.8 Å². The first kappa shape index (κ1) is 18.0. The number of carbonyl (C=O) groups excluding carboxylic acids is 1. The Morgan fingerprint density at radius 3 is 2.54 bits per heavy atom. The van der Waals surface area contributed by atoms with Crippen LogP contribution in [-0.2, 0) is 6.42 Å². The van der Waals surface area contributed by atoms with Gasteiger partial charge in [-0.3, -0.25) is 9.20 Å². The topological polar surface area (TPSA) is 65.7 Å². The summed E-state index contributed by atoms with van der Waals surface area (Å²) in [7, 11) is 0. The standard InChI is InChI=1S/C16H11ClF3N3O3/c17-14-15-22-12(9-24)13(23(15)7-6-21-14)5-8-25-10-1-3-11(4-2-10)26-16(18,19)20/h1-4,6-7,9H,5,8H2. The highest BCUT2D eigenvalue weighted by atomic mass is 35.5. The molecule has 6 nitrogen and oxygen atoms in total. The maximum Gasteiger partial charge on any atom is 0.573 e. The third-order valence-electron chi connectivity index (χ3n) is 3.41. The molecule has 3 rings (SSSR count). The predicted molar refractivity (Wildman–Crippen MR) is 85.7 cm³/mol. The molecular formula is C16H11ClF3N3O3. The highest BCUT2D eigenvalue weighted by Crippen LogP contribution is 2.25. The lowest BCUT2D eigenvalue weighted by molar-refractivity contribution is -0.274. The molecule has 0 saturated carbocycles. The summed E-state index contributed by atoms with van der Waals surface area (Å²) in [6.07, 6.45) is -0.694. The van der Waals surface area contributed by atoms with Gasteiger partial charge in [0.15, 0.2) is 17.1 Å². The van der Waals surface area contributed by atoms with E-state index in [2.05, 4.69) is 14.7 Å². The van der Waals surface area contributed by atoms with Crippen molar-refractivity contribution in [2.75, 3.05) is 6.61 Å². The maximum atomic E-state index is 12.1. The van der Waals surface area contributed by atoms with Crippen LogP contribution in [0.25, 0.3) is 5.65 Å². The largest absolute Gasteiger partial charge is 0.573 e. The first-order valence-corrected chi connectivity index (χ1v) is 7.70. The van der Waals surface area contributed by atoms with Gasteiger partial charge in [-0.2, -0.15) is 0 Å². The molecule has 0 aliphatic heterocycles. The molecule has 0 atom stereocenters. The molecule has 3 aromatic rings. The predicted octanol–water partition coefficient (Wildman–Crippen LogP) is 3.72. The second-order valence-electron chi connectivity index (χ2n) is 5.09. The van der Waals surface area contributed by atoms with Crippen molar-refractivity contribution in [3.63, 3.8) is 0 Å². The molecule has 0 unspecified atom stereocenters. The van der Waals surface area contributed by atoms with E-state index in [1.807, 2.05) is 0 Å². The van der Waals surface area contributed by atoms with E-state index in [-0.39, 0.29) is 23.2 Å². The first-order chi connectivity index (χ1) is 12.4. The number of aldehydes is 1. The minimum atomic E-state index is -4.74. The number of halogens is 4. The van der Waals surface area contributed by atoms with Crippen molar-refractivity contribution in [2.24, 2.45) is 0 Å². The molecule has 0 spiro atoms. The Morgan fingerprint density at radius 1 is 1.19 bits per heavy atom. The van der Waals surface area contributed by atoms with E-state index < -0.39 is 6.36 Å². The summed E-state index contributed by atoms with van der Waals surface area (Å²) < 4.78 is 47.3. The van der Waals surface area contributed by atoms with Crippen molar-refractivity contribution < 1.29 is 27.4 Å². The Bertz CT molecular complexity index is 926. The average Bonchev–Trinajstić information content (AvgIpc) is 2.95. The molecule has 10 heteroatoms. The van der Waals surface area contributed by atoms with Crippen molar-refractivity contribution in [3.05, 3.63) is 53.2 Å². The first-order valence-electron chi connectivity index (χ1n) is 7.32. The number of hydrogen-bond donors (Lipinski definition) is 0. The second kappa shape index (κ2) is 7.20. The molecule has 136 valence electrons. The zero-order chi connectivity index (χ0) is 18.7. The summed E-state index contributed by atoms with van der Waals surface area (Å²) in [6.45, 7) is 0.175. The van der Waals surface area contributed by atoms with Crippen LogP contribution in [-0.4, -0.2) is 33.6 Å².